The highest BCUT2D eigenvalue weighted by molar-refractivity contribution is 5.94. The molecule has 0 spiro atoms. The van der Waals surface area contributed by atoms with E-state index in [2.05, 4.69) is 32.5 Å². The molecular weight excluding hydrogens is 316 g/mol. The number of carbonyl (C=O) groups is 1. The molecule has 0 radical (unpaired) electrons. The molecule has 25 heavy (non-hydrogen) atoms. The molecule has 2 aromatic carbocycles. The number of carbonyl (C=O) groups excluding carboxylic acids is 1. The predicted octanol–water partition coefficient (Wildman–Crippen LogP) is 2.58. The molecule has 0 saturated carbocycles. The van der Waals surface area contributed by atoms with E-state index < -0.39 is 0 Å². The van der Waals surface area contributed by atoms with E-state index in [4.69, 9.17) is 4.74 Å². The SMILES string of the molecule is O=C(Cc1ccc(N2CCOCC2)cc1)Nc1ccc2cn[nH]c2c1. The minimum atomic E-state index is -0.0296. The number of H-pyrrole nitrogens is 1. The van der Waals surface area contributed by atoms with Crippen LogP contribution in [0.5, 0.6) is 0 Å². The second-order valence-corrected chi connectivity index (χ2v) is 6.16. The van der Waals surface area contributed by atoms with Crippen LogP contribution < -0.4 is 10.2 Å². The first kappa shape index (κ1) is 15.7. The number of morpholine rings is 1. The zero-order chi connectivity index (χ0) is 17.1. The molecule has 0 bridgehead atoms. The average molecular weight is 336 g/mol. The number of ether oxygens (including phenoxy) is 1. The number of nitrogens with zero attached hydrogens (tertiary/aromatic N) is 2. The maximum Gasteiger partial charge on any atom is 0.228 e. The van der Waals surface area contributed by atoms with E-state index in [0.29, 0.717) is 6.42 Å². The van der Waals surface area contributed by atoms with E-state index >= 15 is 0 Å². The first-order valence-electron chi connectivity index (χ1n) is 8.42. The second kappa shape index (κ2) is 6.94. The number of aromatic nitrogens is 2. The summed E-state index contributed by atoms with van der Waals surface area (Å²) in [5.41, 5.74) is 3.86. The lowest BCUT2D eigenvalue weighted by atomic mass is 10.1. The van der Waals surface area contributed by atoms with Crippen LogP contribution in [0.15, 0.2) is 48.7 Å². The van der Waals surface area contributed by atoms with Gasteiger partial charge in [0.25, 0.3) is 0 Å². The van der Waals surface area contributed by atoms with Crippen molar-refractivity contribution in [3.05, 3.63) is 54.2 Å². The Labute approximate surface area is 145 Å². The molecule has 6 nitrogen and oxygen atoms in total. The molecule has 128 valence electrons. The van der Waals surface area contributed by atoms with Gasteiger partial charge in [-0.2, -0.15) is 5.10 Å². The van der Waals surface area contributed by atoms with Crippen LogP contribution in [0.4, 0.5) is 11.4 Å². The van der Waals surface area contributed by atoms with Crippen molar-refractivity contribution in [2.45, 2.75) is 6.42 Å². The third kappa shape index (κ3) is 3.64. The summed E-state index contributed by atoms with van der Waals surface area (Å²) in [6, 6.07) is 13.9. The van der Waals surface area contributed by atoms with E-state index in [-0.39, 0.29) is 5.91 Å². The zero-order valence-electron chi connectivity index (χ0n) is 13.9. The monoisotopic (exact) mass is 336 g/mol. The third-order valence-corrected chi connectivity index (χ3v) is 4.40. The fourth-order valence-corrected chi connectivity index (χ4v) is 3.05. The van der Waals surface area contributed by atoms with E-state index in [1.807, 2.05) is 30.3 Å². The summed E-state index contributed by atoms with van der Waals surface area (Å²) in [6.45, 7) is 3.36. The number of hydrogen-bond donors (Lipinski definition) is 2. The molecule has 1 aromatic heterocycles. The van der Waals surface area contributed by atoms with Crippen molar-refractivity contribution in [2.75, 3.05) is 36.5 Å². The normalized spacial score (nSPS) is 14.6. The molecule has 2 heterocycles. The summed E-state index contributed by atoms with van der Waals surface area (Å²) >= 11 is 0. The van der Waals surface area contributed by atoms with Gasteiger partial charge in [-0.1, -0.05) is 12.1 Å². The summed E-state index contributed by atoms with van der Waals surface area (Å²) in [5, 5.41) is 10.9. The fourth-order valence-electron chi connectivity index (χ4n) is 3.05. The van der Waals surface area contributed by atoms with Crippen molar-refractivity contribution in [1.29, 1.82) is 0 Å². The molecule has 6 heteroatoms. The van der Waals surface area contributed by atoms with Gasteiger partial charge in [0.1, 0.15) is 0 Å². The molecule has 0 unspecified atom stereocenters. The minimum absolute atomic E-state index is 0.0296. The molecule has 4 rings (SSSR count). The maximum absolute atomic E-state index is 12.3. The Morgan fingerprint density at radius 2 is 1.96 bits per heavy atom. The quantitative estimate of drug-likeness (QED) is 0.768. The fraction of sp³-hybridized carbons (Fsp3) is 0.263. The van der Waals surface area contributed by atoms with Crippen molar-refractivity contribution in [2.24, 2.45) is 0 Å². The van der Waals surface area contributed by atoms with Crippen LogP contribution >= 0.6 is 0 Å². The van der Waals surface area contributed by atoms with E-state index in [0.717, 1.165) is 48.5 Å². The summed E-state index contributed by atoms with van der Waals surface area (Å²) < 4.78 is 5.37. The minimum Gasteiger partial charge on any atom is -0.378 e. The van der Waals surface area contributed by atoms with Crippen LogP contribution in [-0.2, 0) is 16.0 Å². The van der Waals surface area contributed by atoms with Gasteiger partial charge in [0.05, 0.1) is 31.3 Å². The Morgan fingerprint density at radius 3 is 2.76 bits per heavy atom. The molecule has 1 aliphatic heterocycles. The molecule has 0 aliphatic carbocycles. The van der Waals surface area contributed by atoms with E-state index in [1.165, 1.54) is 5.69 Å². The van der Waals surface area contributed by atoms with Crippen LogP contribution in [0, 0.1) is 0 Å². The number of aromatic amines is 1. The topological polar surface area (TPSA) is 70.2 Å². The van der Waals surface area contributed by atoms with Gasteiger partial charge in [0.2, 0.25) is 5.91 Å². The number of rotatable bonds is 4. The highest BCUT2D eigenvalue weighted by Gasteiger charge is 2.11. The van der Waals surface area contributed by atoms with Gasteiger partial charge in [-0.3, -0.25) is 9.89 Å². The number of benzene rings is 2. The Morgan fingerprint density at radius 1 is 1.16 bits per heavy atom. The Kier molecular flexibility index (Phi) is 4.35. The Hall–Kier alpha value is -2.86. The van der Waals surface area contributed by atoms with Gasteiger partial charge in [-0.25, -0.2) is 0 Å². The molecule has 1 fully saturated rings. The van der Waals surface area contributed by atoms with Gasteiger partial charge in [-0.05, 0) is 35.9 Å². The van der Waals surface area contributed by atoms with Crippen LogP contribution in [0.1, 0.15) is 5.56 Å². The number of anilines is 2. The third-order valence-electron chi connectivity index (χ3n) is 4.40. The van der Waals surface area contributed by atoms with Crippen molar-refractivity contribution in [3.8, 4) is 0 Å². The van der Waals surface area contributed by atoms with Crippen molar-refractivity contribution >= 4 is 28.2 Å². The van der Waals surface area contributed by atoms with Gasteiger partial charge in [0, 0.05) is 29.9 Å². The lowest BCUT2D eigenvalue weighted by molar-refractivity contribution is -0.115. The molecule has 1 amide bonds. The standard InChI is InChI=1S/C19H20N4O2/c24-19(21-16-4-3-15-13-20-22-18(15)12-16)11-14-1-5-17(6-2-14)23-7-9-25-10-8-23/h1-6,12-13H,7-11H2,(H,20,22)(H,21,24). The highest BCUT2D eigenvalue weighted by Crippen LogP contribution is 2.19. The van der Waals surface area contributed by atoms with Gasteiger partial charge >= 0.3 is 0 Å². The average Bonchev–Trinajstić information content (AvgIpc) is 3.11. The van der Waals surface area contributed by atoms with Crippen molar-refractivity contribution < 1.29 is 9.53 Å². The van der Waals surface area contributed by atoms with Crippen LogP contribution in [0.2, 0.25) is 0 Å². The molecule has 3 aromatic rings. The first-order valence-corrected chi connectivity index (χ1v) is 8.42. The maximum atomic E-state index is 12.3. The van der Waals surface area contributed by atoms with E-state index in [9.17, 15) is 4.79 Å². The number of nitrogens with one attached hydrogen (secondary N) is 2. The predicted molar refractivity (Wildman–Crippen MR) is 97.9 cm³/mol. The lowest BCUT2D eigenvalue weighted by Gasteiger charge is -2.28. The van der Waals surface area contributed by atoms with Gasteiger partial charge in [-0.15, -0.1) is 0 Å². The van der Waals surface area contributed by atoms with Crippen LogP contribution in [0.3, 0.4) is 0 Å². The number of hydrogen-bond acceptors (Lipinski definition) is 4. The molecule has 1 aliphatic rings. The lowest BCUT2D eigenvalue weighted by Crippen LogP contribution is -2.36. The van der Waals surface area contributed by atoms with Crippen molar-refractivity contribution in [3.63, 3.8) is 0 Å². The molecule has 0 atom stereocenters. The molecule has 2 N–H and O–H groups in total. The summed E-state index contributed by atoms with van der Waals surface area (Å²) in [6.07, 6.45) is 2.11. The molecule has 1 saturated heterocycles. The summed E-state index contributed by atoms with van der Waals surface area (Å²) in [7, 11) is 0. The smallest absolute Gasteiger partial charge is 0.228 e. The highest BCUT2D eigenvalue weighted by atomic mass is 16.5. The van der Waals surface area contributed by atoms with Gasteiger partial charge < -0.3 is 15.0 Å². The van der Waals surface area contributed by atoms with Crippen LogP contribution in [-0.4, -0.2) is 42.4 Å². The van der Waals surface area contributed by atoms with Crippen molar-refractivity contribution in [1.82, 2.24) is 10.2 Å². The van der Waals surface area contributed by atoms with E-state index in [1.54, 1.807) is 6.20 Å². The molecular formula is C19H20N4O2. The largest absolute Gasteiger partial charge is 0.378 e. The Balaban J connectivity index is 1.38. The number of amides is 1. The second-order valence-electron chi connectivity index (χ2n) is 6.16. The first-order chi connectivity index (χ1) is 12.3. The summed E-state index contributed by atoms with van der Waals surface area (Å²) in [4.78, 5) is 14.6. The zero-order valence-corrected chi connectivity index (χ0v) is 13.9. The van der Waals surface area contributed by atoms with Crippen LogP contribution in [0.25, 0.3) is 10.9 Å². The van der Waals surface area contributed by atoms with Gasteiger partial charge in [0.15, 0.2) is 0 Å². The number of fused-ring (bicyclic) bond motifs is 1. The summed E-state index contributed by atoms with van der Waals surface area (Å²) in [5.74, 6) is -0.0296. The Bertz CT molecular complexity index is 867.